The van der Waals surface area contributed by atoms with Crippen molar-refractivity contribution in [2.45, 2.75) is 70.5 Å². The summed E-state index contributed by atoms with van der Waals surface area (Å²) in [5.74, 6) is -0.261. The summed E-state index contributed by atoms with van der Waals surface area (Å²) in [6.45, 7) is 3.12. The lowest BCUT2D eigenvalue weighted by Crippen LogP contribution is -2.49. The Labute approximate surface area is 201 Å². The van der Waals surface area contributed by atoms with Crippen LogP contribution in [0.1, 0.15) is 63.0 Å². The average molecular weight is 472 g/mol. The molecular weight excluding hydrogens is 434 g/mol. The number of amides is 2. The van der Waals surface area contributed by atoms with Gasteiger partial charge in [-0.2, -0.15) is 0 Å². The standard InChI is InChI=1S/C25H37N5O4/c1-16(26)24(33)29-25(34)21-13-20(18-5-3-2-4-6-18)15-30(21)14-17-7-9-19(10-8-17)23(27)28-12-11-22(31)32/h7-10,16,18,20-21H,2-6,11-15,26H2,1H3,(H2,27,28)(H,31,32)(H,29,33,34)/t16-,20?,21-/m0/s1. The molecule has 1 saturated heterocycles. The molecule has 2 fully saturated rings. The summed E-state index contributed by atoms with van der Waals surface area (Å²) in [5, 5.41) is 11.2. The van der Waals surface area contributed by atoms with Crippen LogP contribution in [0, 0.1) is 11.8 Å². The summed E-state index contributed by atoms with van der Waals surface area (Å²) in [5.41, 5.74) is 13.4. The highest BCUT2D eigenvalue weighted by Gasteiger charge is 2.40. The number of nitrogens with zero attached hydrogens (tertiary/aromatic N) is 2. The van der Waals surface area contributed by atoms with Crippen molar-refractivity contribution in [3.05, 3.63) is 35.4 Å². The Morgan fingerprint density at radius 1 is 1.15 bits per heavy atom. The zero-order valence-corrected chi connectivity index (χ0v) is 19.9. The minimum absolute atomic E-state index is 0.0647. The van der Waals surface area contributed by atoms with Crippen molar-refractivity contribution >= 4 is 23.6 Å². The third-order valence-corrected chi connectivity index (χ3v) is 6.96. The first-order valence-electron chi connectivity index (χ1n) is 12.2. The lowest BCUT2D eigenvalue weighted by molar-refractivity contribution is -0.137. The summed E-state index contributed by atoms with van der Waals surface area (Å²) < 4.78 is 0. The van der Waals surface area contributed by atoms with E-state index in [1.165, 1.54) is 32.1 Å². The van der Waals surface area contributed by atoms with E-state index < -0.39 is 17.9 Å². The van der Waals surface area contributed by atoms with Crippen molar-refractivity contribution in [2.75, 3.05) is 13.1 Å². The molecular formula is C25H37N5O4. The number of aliphatic carboxylic acids is 1. The van der Waals surface area contributed by atoms with E-state index in [1.807, 2.05) is 24.3 Å². The van der Waals surface area contributed by atoms with Crippen LogP contribution in [-0.2, 0) is 20.9 Å². The smallest absolute Gasteiger partial charge is 0.305 e. The lowest BCUT2D eigenvalue weighted by Gasteiger charge is -2.27. The highest BCUT2D eigenvalue weighted by Crippen LogP contribution is 2.38. The third kappa shape index (κ3) is 7.11. The maximum atomic E-state index is 13.0. The molecule has 9 nitrogen and oxygen atoms in total. The van der Waals surface area contributed by atoms with Gasteiger partial charge in [0.1, 0.15) is 5.84 Å². The van der Waals surface area contributed by atoms with Crippen molar-refractivity contribution in [3.63, 3.8) is 0 Å². The lowest BCUT2D eigenvalue weighted by atomic mass is 9.79. The van der Waals surface area contributed by atoms with E-state index in [4.69, 9.17) is 16.6 Å². The number of likely N-dealkylation sites (tertiary alicyclic amines) is 1. The number of rotatable bonds is 9. The molecule has 34 heavy (non-hydrogen) atoms. The van der Waals surface area contributed by atoms with E-state index in [9.17, 15) is 14.4 Å². The number of hydrogen-bond donors (Lipinski definition) is 4. The van der Waals surface area contributed by atoms with E-state index in [0.717, 1.165) is 24.1 Å². The maximum absolute atomic E-state index is 13.0. The molecule has 1 heterocycles. The molecule has 0 spiro atoms. The number of aliphatic imine (C=N–C) groups is 1. The minimum Gasteiger partial charge on any atom is -0.481 e. The molecule has 2 amide bonds. The minimum atomic E-state index is -0.912. The van der Waals surface area contributed by atoms with Gasteiger partial charge in [0.05, 0.1) is 25.0 Å². The fraction of sp³-hybridized carbons (Fsp3) is 0.600. The molecule has 9 heteroatoms. The van der Waals surface area contributed by atoms with Gasteiger partial charge in [0.2, 0.25) is 11.8 Å². The van der Waals surface area contributed by atoms with E-state index in [0.29, 0.717) is 24.2 Å². The predicted molar refractivity (Wildman–Crippen MR) is 130 cm³/mol. The van der Waals surface area contributed by atoms with Gasteiger partial charge >= 0.3 is 5.97 Å². The second kappa shape index (κ2) is 12.1. The first-order valence-corrected chi connectivity index (χ1v) is 12.2. The Hall–Kier alpha value is -2.78. The molecule has 1 aliphatic carbocycles. The fourth-order valence-electron chi connectivity index (χ4n) is 5.03. The van der Waals surface area contributed by atoms with Crippen LogP contribution in [0.3, 0.4) is 0 Å². The Morgan fingerprint density at radius 3 is 2.44 bits per heavy atom. The Balaban J connectivity index is 1.69. The molecule has 1 aromatic carbocycles. The number of nitrogens with one attached hydrogen (secondary N) is 1. The molecule has 0 bridgehead atoms. The number of carbonyl (C=O) groups excluding carboxylic acids is 2. The predicted octanol–water partition coefficient (Wildman–Crippen LogP) is 1.63. The van der Waals surface area contributed by atoms with Gasteiger partial charge in [-0.15, -0.1) is 0 Å². The molecule has 0 aromatic heterocycles. The number of imide groups is 1. The molecule has 1 saturated carbocycles. The van der Waals surface area contributed by atoms with Gasteiger partial charge in [-0.3, -0.25) is 29.6 Å². The van der Waals surface area contributed by atoms with Gasteiger partial charge in [-0.25, -0.2) is 0 Å². The first kappa shape index (κ1) is 25.8. The summed E-state index contributed by atoms with van der Waals surface area (Å²) >= 11 is 0. The van der Waals surface area contributed by atoms with Gasteiger partial charge in [-0.1, -0.05) is 56.4 Å². The summed E-state index contributed by atoms with van der Waals surface area (Å²) in [6, 6.07) is 6.52. The molecule has 0 radical (unpaired) electrons. The zero-order chi connectivity index (χ0) is 24.7. The molecule has 1 aliphatic heterocycles. The van der Waals surface area contributed by atoms with Crippen molar-refractivity contribution in [1.82, 2.24) is 10.2 Å². The monoisotopic (exact) mass is 471 g/mol. The Morgan fingerprint density at radius 2 is 1.82 bits per heavy atom. The number of benzene rings is 1. The third-order valence-electron chi connectivity index (χ3n) is 6.96. The van der Waals surface area contributed by atoms with E-state index in [-0.39, 0.29) is 24.9 Å². The van der Waals surface area contributed by atoms with Gasteiger partial charge < -0.3 is 16.6 Å². The average Bonchev–Trinajstić information content (AvgIpc) is 3.23. The van der Waals surface area contributed by atoms with Crippen LogP contribution >= 0.6 is 0 Å². The van der Waals surface area contributed by atoms with Crippen LogP contribution < -0.4 is 16.8 Å². The van der Waals surface area contributed by atoms with Crippen molar-refractivity contribution < 1.29 is 19.5 Å². The quantitative estimate of drug-likeness (QED) is 0.315. The van der Waals surface area contributed by atoms with Crippen LogP contribution in [0.4, 0.5) is 0 Å². The van der Waals surface area contributed by atoms with Gasteiger partial charge in [0, 0.05) is 18.7 Å². The van der Waals surface area contributed by atoms with E-state index in [1.54, 1.807) is 6.92 Å². The highest BCUT2D eigenvalue weighted by atomic mass is 16.4. The number of carbonyl (C=O) groups is 3. The number of amidine groups is 1. The summed E-state index contributed by atoms with van der Waals surface area (Å²) in [6.07, 6.45) is 6.89. The van der Waals surface area contributed by atoms with Crippen molar-refractivity contribution in [2.24, 2.45) is 28.3 Å². The normalized spacial score (nSPS) is 22.9. The van der Waals surface area contributed by atoms with Crippen LogP contribution in [0.2, 0.25) is 0 Å². The number of nitrogens with two attached hydrogens (primary N) is 2. The maximum Gasteiger partial charge on any atom is 0.305 e. The number of carboxylic acid groups (broad SMARTS) is 1. The first-order chi connectivity index (χ1) is 16.2. The second-order valence-corrected chi connectivity index (χ2v) is 9.59. The largest absolute Gasteiger partial charge is 0.481 e. The van der Waals surface area contributed by atoms with E-state index in [2.05, 4.69) is 15.2 Å². The fourth-order valence-corrected chi connectivity index (χ4v) is 5.03. The van der Waals surface area contributed by atoms with Gasteiger partial charge in [0.15, 0.2) is 0 Å². The van der Waals surface area contributed by atoms with Crippen LogP contribution in [0.25, 0.3) is 0 Å². The Bertz CT molecular complexity index is 893. The van der Waals surface area contributed by atoms with Crippen LogP contribution in [0.5, 0.6) is 0 Å². The molecule has 6 N–H and O–H groups in total. The second-order valence-electron chi connectivity index (χ2n) is 9.59. The molecule has 3 rings (SSSR count). The summed E-state index contributed by atoms with van der Waals surface area (Å²) in [7, 11) is 0. The summed E-state index contributed by atoms with van der Waals surface area (Å²) in [4.78, 5) is 42.0. The van der Waals surface area contributed by atoms with Gasteiger partial charge in [0.25, 0.3) is 0 Å². The van der Waals surface area contributed by atoms with Crippen LogP contribution in [-0.4, -0.2) is 58.8 Å². The molecule has 3 atom stereocenters. The highest BCUT2D eigenvalue weighted by molar-refractivity contribution is 6.00. The number of hydrogen-bond acceptors (Lipinski definition) is 6. The number of carboxylic acids is 1. The van der Waals surface area contributed by atoms with Crippen molar-refractivity contribution in [3.8, 4) is 0 Å². The molecule has 186 valence electrons. The van der Waals surface area contributed by atoms with Crippen molar-refractivity contribution in [1.29, 1.82) is 0 Å². The topological polar surface area (TPSA) is 151 Å². The SMILES string of the molecule is C[C@H](N)C(=O)NC(=O)[C@@H]1CC(C2CCCCC2)CN1Cc1ccc(C(N)=NCCC(=O)O)cc1. The zero-order valence-electron chi connectivity index (χ0n) is 19.9. The Kier molecular flexibility index (Phi) is 9.18. The molecule has 1 aromatic rings. The molecule has 1 unspecified atom stereocenters. The molecule has 2 aliphatic rings. The van der Waals surface area contributed by atoms with Crippen LogP contribution in [0.15, 0.2) is 29.3 Å². The van der Waals surface area contributed by atoms with Gasteiger partial charge in [-0.05, 0) is 30.7 Å². The van der Waals surface area contributed by atoms with E-state index >= 15 is 0 Å².